The second-order valence-electron chi connectivity index (χ2n) is 5.31. The number of hydrogen-bond donors (Lipinski definition) is 1. The van der Waals surface area contributed by atoms with Crippen molar-refractivity contribution in [2.45, 2.75) is 6.92 Å². The SMILES string of the molecule is CCOC(=O)/C(C#N)=C\Nc1ccc(C(=O)N(C)c2ccccc2)cc1. The van der Waals surface area contributed by atoms with Crippen molar-refractivity contribution < 1.29 is 14.3 Å². The van der Waals surface area contributed by atoms with Gasteiger partial charge in [-0.05, 0) is 43.3 Å². The lowest BCUT2D eigenvalue weighted by Gasteiger charge is -2.17. The van der Waals surface area contributed by atoms with Crippen LogP contribution in [0.25, 0.3) is 0 Å². The number of amides is 1. The van der Waals surface area contributed by atoms with Crippen LogP contribution in [0.1, 0.15) is 17.3 Å². The van der Waals surface area contributed by atoms with Crippen molar-refractivity contribution in [2.75, 3.05) is 23.9 Å². The average molecular weight is 349 g/mol. The molecule has 6 nitrogen and oxygen atoms in total. The van der Waals surface area contributed by atoms with Gasteiger partial charge in [0.2, 0.25) is 0 Å². The lowest BCUT2D eigenvalue weighted by Crippen LogP contribution is -2.26. The predicted molar refractivity (Wildman–Crippen MR) is 99.6 cm³/mol. The van der Waals surface area contributed by atoms with Crippen LogP contribution in [0.4, 0.5) is 11.4 Å². The lowest BCUT2D eigenvalue weighted by molar-refractivity contribution is -0.138. The average Bonchev–Trinajstić information content (AvgIpc) is 2.68. The summed E-state index contributed by atoms with van der Waals surface area (Å²) in [6.07, 6.45) is 1.28. The van der Waals surface area contributed by atoms with Crippen molar-refractivity contribution >= 4 is 23.3 Å². The third-order valence-corrected chi connectivity index (χ3v) is 3.58. The minimum atomic E-state index is -0.682. The molecule has 0 spiro atoms. The minimum absolute atomic E-state index is 0.129. The van der Waals surface area contributed by atoms with Gasteiger partial charge in [0.1, 0.15) is 6.07 Å². The highest BCUT2D eigenvalue weighted by Crippen LogP contribution is 2.17. The summed E-state index contributed by atoms with van der Waals surface area (Å²) in [6, 6.07) is 17.9. The highest BCUT2D eigenvalue weighted by Gasteiger charge is 2.13. The molecule has 0 atom stereocenters. The molecule has 2 aromatic carbocycles. The van der Waals surface area contributed by atoms with Crippen molar-refractivity contribution in [1.29, 1.82) is 5.26 Å². The number of nitrogens with zero attached hydrogens (tertiary/aromatic N) is 2. The van der Waals surface area contributed by atoms with E-state index in [0.717, 1.165) is 5.69 Å². The van der Waals surface area contributed by atoms with Gasteiger partial charge in [-0.2, -0.15) is 5.26 Å². The number of para-hydroxylation sites is 1. The number of rotatable bonds is 6. The summed E-state index contributed by atoms with van der Waals surface area (Å²) in [5.41, 5.74) is 1.84. The number of nitriles is 1. The summed E-state index contributed by atoms with van der Waals surface area (Å²) in [7, 11) is 1.71. The zero-order chi connectivity index (χ0) is 18.9. The van der Waals surface area contributed by atoms with E-state index in [1.807, 2.05) is 30.3 Å². The van der Waals surface area contributed by atoms with E-state index in [1.165, 1.54) is 6.20 Å². The smallest absolute Gasteiger partial charge is 0.350 e. The molecular formula is C20H19N3O3. The maximum absolute atomic E-state index is 12.5. The van der Waals surface area contributed by atoms with Gasteiger partial charge in [-0.15, -0.1) is 0 Å². The molecule has 1 N–H and O–H groups in total. The summed E-state index contributed by atoms with van der Waals surface area (Å²) in [6.45, 7) is 1.87. The van der Waals surface area contributed by atoms with Gasteiger partial charge in [0.05, 0.1) is 6.61 Å². The van der Waals surface area contributed by atoms with Crippen LogP contribution in [-0.2, 0) is 9.53 Å². The van der Waals surface area contributed by atoms with Crippen molar-refractivity contribution in [1.82, 2.24) is 0 Å². The number of benzene rings is 2. The normalized spacial score (nSPS) is 10.6. The highest BCUT2D eigenvalue weighted by atomic mass is 16.5. The molecule has 0 unspecified atom stereocenters. The monoisotopic (exact) mass is 349 g/mol. The van der Waals surface area contributed by atoms with Crippen LogP contribution in [0.5, 0.6) is 0 Å². The van der Waals surface area contributed by atoms with Crippen LogP contribution >= 0.6 is 0 Å². The summed E-state index contributed by atoms with van der Waals surface area (Å²) in [4.78, 5) is 25.6. The Balaban J connectivity index is 2.07. The van der Waals surface area contributed by atoms with E-state index in [4.69, 9.17) is 10.00 Å². The Hall–Kier alpha value is -3.59. The number of carbonyl (C=O) groups is 2. The Morgan fingerprint density at radius 2 is 1.81 bits per heavy atom. The van der Waals surface area contributed by atoms with Crippen molar-refractivity contribution in [3.8, 4) is 6.07 Å². The lowest BCUT2D eigenvalue weighted by atomic mass is 10.1. The van der Waals surface area contributed by atoms with Gasteiger partial charge in [0.25, 0.3) is 5.91 Å². The Bertz CT molecular complexity index is 837. The van der Waals surface area contributed by atoms with Gasteiger partial charge in [0, 0.05) is 30.2 Å². The first-order chi connectivity index (χ1) is 12.6. The number of hydrogen-bond acceptors (Lipinski definition) is 5. The molecule has 132 valence electrons. The number of anilines is 2. The Kier molecular flexibility index (Phi) is 6.52. The fraction of sp³-hybridized carbons (Fsp3) is 0.150. The molecule has 0 aliphatic heterocycles. The van der Waals surface area contributed by atoms with Crippen molar-refractivity contribution in [2.24, 2.45) is 0 Å². The first-order valence-electron chi connectivity index (χ1n) is 8.04. The molecule has 26 heavy (non-hydrogen) atoms. The van der Waals surface area contributed by atoms with E-state index in [1.54, 1.807) is 49.2 Å². The molecule has 0 heterocycles. The second kappa shape index (κ2) is 9.04. The molecule has 0 saturated carbocycles. The van der Waals surface area contributed by atoms with Crippen LogP contribution in [0.3, 0.4) is 0 Å². The van der Waals surface area contributed by atoms with Gasteiger partial charge in [0.15, 0.2) is 5.57 Å². The van der Waals surface area contributed by atoms with E-state index in [2.05, 4.69) is 5.32 Å². The molecule has 2 aromatic rings. The number of esters is 1. The van der Waals surface area contributed by atoms with Crippen molar-refractivity contribution in [3.05, 3.63) is 71.9 Å². The van der Waals surface area contributed by atoms with E-state index in [-0.39, 0.29) is 18.1 Å². The Labute approximate surface area is 152 Å². The van der Waals surface area contributed by atoms with Gasteiger partial charge in [-0.3, -0.25) is 4.79 Å². The fourth-order valence-electron chi connectivity index (χ4n) is 2.17. The maximum Gasteiger partial charge on any atom is 0.350 e. The molecule has 0 aliphatic rings. The molecule has 6 heteroatoms. The minimum Gasteiger partial charge on any atom is -0.462 e. The maximum atomic E-state index is 12.5. The van der Waals surface area contributed by atoms with Crippen LogP contribution in [0.2, 0.25) is 0 Å². The van der Waals surface area contributed by atoms with Gasteiger partial charge in [-0.1, -0.05) is 18.2 Å². The van der Waals surface area contributed by atoms with Crippen LogP contribution in [0.15, 0.2) is 66.4 Å². The molecule has 0 aromatic heterocycles. The van der Waals surface area contributed by atoms with E-state index in [0.29, 0.717) is 11.3 Å². The van der Waals surface area contributed by atoms with E-state index in [9.17, 15) is 9.59 Å². The number of nitrogens with one attached hydrogen (secondary N) is 1. The second-order valence-corrected chi connectivity index (χ2v) is 5.31. The first kappa shape index (κ1) is 18.7. The third kappa shape index (κ3) is 4.71. The molecule has 0 radical (unpaired) electrons. The van der Waals surface area contributed by atoms with Gasteiger partial charge < -0.3 is 15.0 Å². The first-order valence-corrected chi connectivity index (χ1v) is 8.04. The van der Waals surface area contributed by atoms with Gasteiger partial charge >= 0.3 is 5.97 Å². The zero-order valence-electron chi connectivity index (χ0n) is 14.6. The highest BCUT2D eigenvalue weighted by molar-refractivity contribution is 6.05. The largest absolute Gasteiger partial charge is 0.462 e. The Morgan fingerprint density at radius 3 is 2.38 bits per heavy atom. The summed E-state index contributed by atoms with van der Waals surface area (Å²) in [5.74, 6) is -0.818. The van der Waals surface area contributed by atoms with Crippen LogP contribution < -0.4 is 10.2 Å². The standard InChI is InChI=1S/C20H19N3O3/c1-3-26-20(25)16(13-21)14-22-17-11-9-15(10-12-17)19(24)23(2)18-7-5-4-6-8-18/h4-12,14,22H,3H2,1-2H3/b16-14-. The Morgan fingerprint density at radius 1 is 1.15 bits per heavy atom. The number of carbonyl (C=O) groups excluding carboxylic acids is 2. The molecule has 0 aliphatic carbocycles. The molecule has 2 rings (SSSR count). The fourth-order valence-corrected chi connectivity index (χ4v) is 2.17. The molecule has 1 amide bonds. The summed E-state index contributed by atoms with van der Waals surface area (Å²) in [5, 5.41) is 11.8. The van der Waals surface area contributed by atoms with Crippen LogP contribution in [0, 0.1) is 11.3 Å². The molecular weight excluding hydrogens is 330 g/mol. The van der Waals surface area contributed by atoms with Crippen molar-refractivity contribution in [3.63, 3.8) is 0 Å². The molecule has 0 fully saturated rings. The molecule has 0 bridgehead atoms. The van der Waals surface area contributed by atoms with E-state index < -0.39 is 5.97 Å². The zero-order valence-corrected chi connectivity index (χ0v) is 14.6. The van der Waals surface area contributed by atoms with Crippen LogP contribution in [-0.4, -0.2) is 25.5 Å². The third-order valence-electron chi connectivity index (χ3n) is 3.58. The molecule has 0 saturated heterocycles. The number of ether oxygens (including phenoxy) is 1. The summed E-state index contributed by atoms with van der Waals surface area (Å²) < 4.78 is 4.78. The predicted octanol–water partition coefficient (Wildman–Crippen LogP) is 3.35. The topological polar surface area (TPSA) is 82.4 Å². The quantitative estimate of drug-likeness (QED) is 0.491. The van der Waals surface area contributed by atoms with E-state index >= 15 is 0 Å². The summed E-state index contributed by atoms with van der Waals surface area (Å²) >= 11 is 0. The van der Waals surface area contributed by atoms with Gasteiger partial charge in [-0.25, -0.2) is 4.79 Å².